The van der Waals surface area contributed by atoms with Crippen molar-refractivity contribution in [2.75, 3.05) is 0 Å². The molecule has 0 aliphatic heterocycles. The molecule has 3 nitrogen and oxygen atoms in total. The quantitative estimate of drug-likeness (QED) is 0.243. The summed E-state index contributed by atoms with van der Waals surface area (Å²) in [7, 11) is 0. The molecule has 0 aromatic carbocycles. The molecule has 1 rings (SSSR count). The topological polar surface area (TPSA) is 52.5 Å². The molecule has 0 saturated heterocycles. The van der Waals surface area contributed by atoms with E-state index in [0.717, 1.165) is 0 Å². The Morgan fingerprint density at radius 3 is 2.55 bits per heavy atom. The summed E-state index contributed by atoms with van der Waals surface area (Å²) in [4.78, 5) is 10.6. The maximum Gasteiger partial charge on any atom is 1.00 e. The third-order valence-electron chi connectivity index (χ3n) is 1.27. The molecule has 0 aromatic rings. The van der Waals surface area contributed by atoms with Crippen molar-refractivity contribution in [1.82, 2.24) is 0 Å². The summed E-state index contributed by atoms with van der Waals surface area (Å²) in [5, 5.41) is 12.7. The molecule has 0 bridgehead atoms. The average Bonchev–Trinajstić information content (AvgIpc) is 1.88. The van der Waals surface area contributed by atoms with E-state index in [2.05, 4.69) is 5.16 Å². The van der Waals surface area contributed by atoms with E-state index in [1.165, 1.54) is 18.2 Å². The second kappa shape index (κ2) is 5.00. The van der Waals surface area contributed by atoms with Crippen molar-refractivity contribution in [2.24, 2.45) is 5.16 Å². The summed E-state index contributed by atoms with van der Waals surface area (Å²) in [6.45, 7) is 1.68. The summed E-state index contributed by atoms with van der Waals surface area (Å²) in [5.41, 5.74) is 0.960. The van der Waals surface area contributed by atoms with Crippen LogP contribution in [0.3, 0.4) is 0 Å². The summed E-state index contributed by atoms with van der Waals surface area (Å²) in [6, 6.07) is 0. The third-order valence-corrected chi connectivity index (χ3v) is 1.27. The fourth-order valence-corrected chi connectivity index (χ4v) is 0.730. The van der Waals surface area contributed by atoms with Gasteiger partial charge in [0.15, 0.2) is 5.78 Å². The van der Waals surface area contributed by atoms with Crippen LogP contribution in [-0.4, -0.2) is 11.5 Å². The minimum absolute atomic E-state index is 0. The van der Waals surface area contributed by atoms with E-state index < -0.39 is 0 Å². The van der Waals surface area contributed by atoms with E-state index in [0.29, 0.717) is 11.3 Å². The van der Waals surface area contributed by atoms with Gasteiger partial charge in [0.05, 0.1) is 5.71 Å². The van der Waals surface area contributed by atoms with Gasteiger partial charge in [-0.1, -0.05) is 0 Å². The van der Waals surface area contributed by atoms with Gasteiger partial charge in [-0.3, -0.25) is 4.79 Å². The van der Waals surface area contributed by atoms with Crippen molar-refractivity contribution in [3.8, 4) is 0 Å². The largest absolute Gasteiger partial charge is 1.00 e. The van der Waals surface area contributed by atoms with Gasteiger partial charge in [-0.15, -0.1) is 0 Å². The number of hydrogen-bond donors (Lipinski definition) is 0. The van der Waals surface area contributed by atoms with Crippen LogP contribution in [0.4, 0.5) is 0 Å². The third kappa shape index (κ3) is 3.00. The zero-order chi connectivity index (χ0) is 7.56. The van der Waals surface area contributed by atoms with Gasteiger partial charge in [0.25, 0.3) is 0 Å². The van der Waals surface area contributed by atoms with Gasteiger partial charge in [0, 0.05) is 0 Å². The molecule has 0 heterocycles. The molecule has 0 atom stereocenters. The summed E-state index contributed by atoms with van der Waals surface area (Å²) < 4.78 is 0. The molecular weight excluding hydrogens is 169 g/mol. The summed E-state index contributed by atoms with van der Waals surface area (Å²) in [5.74, 6) is -0.0927. The van der Waals surface area contributed by atoms with E-state index in [-0.39, 0.29) is 57.2 Å². The smallest absolute Gasteiger partial charge is 0.792 e. The zero-order valence-electron chi connectivity index (χ0n) is 6.50. The fourth-order valence-electron chi connectivity index (χ4n) is 0.730. The predicted molar refractivity (Wildman–Crippen MR) is 38.7 cm³/mol. The molecule has 0 unspecified atom stereocenters. The Balaban J connectivity index is 0.000001000. The number of hydrogen-bond acceptors (Lipinski definition) is 3. The van der Waals surface area contributed by atoms with Crippen LogP contribution in [0.25, 0.3) is 0 Å². The first kappa shape index (κ1) is 11.3. The first-order chi connectivity index (χ1) is 4.74. The Hall–Kier alpha value is 0.256. The van der Waals surface area contributed by atoms with Gasteiger partial charge in [-0.25, -0.2) is 0 Å². The second-order valence-corrected chi connectivity index (χ2v) is 2.04. The molecule has 0 N–H and O–H groups in total. The van der Waals surface area contributed by atoms with Crippen molar-refractivity contribution in [3.63, 3.8) is 0 Å². The molecule has 0 amide bonds. The van der Waals surface area contributed by atoms with Crippen LogP contribution in [0.15, 0.2) is 29.0 Å². The molecule has 0 saturated carbocycles. The van der Waals surface area contributed by atoms with Crippen LogP contribution in [-0.2, 0) is 4.79 Å². The fraction of sp³-hybridized carbons (Fsp3) is 0.143. The van der Waals surface area contributed by atoms with Crippen molar-refractivity contribution in [3.05, 3.63) is 29.0 Å². The number of carbonyl (C=O) groups excluding carboxylic acids is 1. The van der Waals surface area contributed by atoms with Gasteiger partial charge in [0.1, 0.15) is 0 Å². The van der Waals surface area contributed by atoms with Crippen LogP contribution in [0, 0.1) is 5.21 Å². The minimum Gasteiger partial charge on any atom is -0.792 e. The zero-order valence-corrected chi connectivity index (χ0v) is 9.62. The Labute approximate surface area is 107 Å². The van der Waals surface area contributed by atoms with Gasteiger partial charge in [0.2, 0.25) is 0 Å². The SMILES string of the molecule is CC1=CC(=O)C=C/C1=N\[O-].[K+]. The maximum absolute atomic E-state index is 10.6. The number of nitrogens with zero attached hydrogens (tertiary/aromatic N) is 1. The minimum atomic E-state index is -0.0927. The molecule has 1 aliphatic carbocycles. The van der Waals surface area contributed by atoms with E-state index in [1.807, 2.05) is 0 Å². The Kier molecular flexibility index (Phi) is 5.12. The van der Waals surface area contributed by atoms with Crippen molar-refractivity contribution >= 4 is 11.5 Å². The number of carbonyl (C=O) groups is 1. The average molecular weight is 175 g/mol. The molecule has 4 heteroatoms. The predicted octanol–water partition coefficient (Wildman–Crippen LogP) is -1.99. The molecular formula is C7H6KNO2. The van der Waals surface area contributed by atoms with Gasteiger partial charge >= 0.3 is 51.4 Å². The van der Waals surface area contributed by atoms with Gasteiger partial charge in [-0.2, -0.15) is 0 Å². The molecule has 0 aromatic heterocycles. The van der Waals surface area contributed by atoms with Crippen LogP contribution < -0.4 is 51.4 Å². The molecule has 0 fully saturated rings. The summed E-state index contributed by atoms with van der Waals surface area (Å²) >= 11 is 0. The Morgan fingerprint density at radius 1 is 1.45 bits per heavy atom. The van der Waals surface area contributed by atoms with Crippen LogP contribution in [0.5, 0.6) is 0 Å². The number of ketones is 1. The van der Waals surface area contributed by atoms with Gasteiger partial charge < -0.3 is 10.4 Å². The monoisotopic (exact) mass is 175 g/mol. The van der Waals surface area contributed by atoms with Crippen LogP contribution in [0.2, 0.25) is 0 Å². The Morgan fingerprint density at radius 2 is 2.09 bits per heavy atom. The second-order valence-electron chi connectivity index (χ2n) is 2.04. The number of rotatable bonds is 0. The molecule has 11 heavy (non-hydrogen) atoms. The Bertz CT molecular complexity index is 253. The van der Waals surface area contributed by atoms with Crippen LogP contribution >= 0.6 is 0 Å². The molecule has 1 aliphatic rings. The first-order valence-electron chi connectivity index (χ1n) is 2.85. The first-order valence-corrected chi connectivity index (χ1v) is 2.85. The normalized spacial score (nSPS) is 19.5. The van der Waals surface area contributed by atoms with Crippen molar-refractivity contribution in [1.29, 1.82) is 0 Å². The maximum atomic E-state index is 10.6. The summed E-state index contributed by atoms with van der Waals surface area (Å²) in [6.07, 6.45) is 4.13. The molecule has 0 radical (unpaired) electrons. The number of allylic oxidation sites excluding steroid dienone is 4. The van der Waals surface area contributed by atoms with Crippen LogP contribution in [0.1, 0.15) is 6.92 Å². The van der Waals surface area contributed by atoms with E-state index >= 15 is 0 Å². The van der Waals surface area contributed by atoms with Crippen molar-refractivity contribution < 1.29 is 56.2 Å². The van der Waals surface area contributed by atoms with E-state index in [4.69, 9.17) is 0 Å². The molecule has 52 valence electrons. The van der Waals surface area contributed by atoms with E-state index in [9.17, 15) is 10.0 Å². The van der Waals surface area contributed by atoms with Gasteiger partial charge in [-0.05, 0) is 30.7 Å². The van der Waals surface area contributed by atoms with E-state index in [1.54, 1.807) is 6.92 Å². The standard InChI is InChI=1S/C7H7NO2.K/c1-5-4-6(9)2-3-7(5)8-10;/h2-4,10H,1H3;/q;+1/p-1/b8-7+;. The molecule has 0 spiro atoms. The van der Waals surface area contributed by atoms with Crippen molar-refractivity contribution in [2.45, 2.75) is 6.92 Å².